The first-order chi connectivity index (χ1) is 10.7. The monoisotopic (exact) mass is 341 g/mol. The van der Waals surface area contributed by atoms with Crippen LogP contribution in [-0.2, 0) is 23.0 Å². The van der Waals surface area contributed by atoms with Gasteiger partial charge in [-0.2, -0.15) is 0 Å². The molecule has 0 aromatic heterocycles. The maximum Gasteiger partial charge on any atom is 0.524 e. The van der Waals surface area contributed by atoms with Crippen LogP contribution in [-0.4, -0.2) is 76.2 Å². The molecule has 0 fully saturated rings. The van der Waals surface area contributed by atoms with Gasteiger partial charge in [-0.15, -0.1) is 0 Å². The molecule has 0 spiro atoms. The minimum Gasteiger partial charge on any atom is -0.394 e. The number of hydroxylamine groups is 2. The summed E-state index contributed by atoms with van der Waals surface area (Å²) in [5.41, 5.74) is -0.398. The quantitative estimate of drug-likeness (QED) is 0.329. The number of hydrogen-bond acceptors (Lipinski definition) is 8. The van der Waals surface area contributed by atoms with Gasteiger partial charge < -0.3 is 23.5 Å². The van der Waals surface area contributed by atoms with Crippen molar-refractivity contribution >= 4 is 8.80 Å². The molecule has 0 heterocycles. The predicted octanol–water partition coefficient (Wildman–Crippen LogP) is 0.502. The second-order valence-electron chi connectivity index (χ2n) is 4.23. The zero-order chi connectivity index (χ0) is 16.8. The van der Waals surface area contributed by atoms with E-state index < -0.39 is 14.5 Å². The van der Waals surface area contributed by atoms with Crippen molar-refractivity contribution in [2.24, 2.45) is 0 Å². The first-order valence-electron chi connectivity index (χ1n) is 7.84. The third-order valence-corrected chi connectivity index (χ3v) is 6.21. The Labute approximate surface area is 134 Å². The van der Waals surface area contributed by atoms with Crippen molar-refractivity contribution < 1.29 is 33.2 Å². The van der Waals surface area contributed by atoms with Crippen molar-refractivity contribution in [1.82, 2.24) is 5.23 Å². The van der Waals surface area contributed by atoms with Crippen LogP contribution in [0.5, 0.6) is 0 Å². The lowest BCUT2D eigenvalue weighted by atomic mass is 10.5. The maximum absolute atomic E-state index is 8.97. The fourth-order valence-electron chi connectivity index (χ4n) is 2.02. The van der Waals surface area contributed by atoms with Crippen LogP contribution in [0.3, 0.4) is 0 Å². The molecule has 0 aliphatic heterocycles. The predicted molar refractivity (Wildman–Crippen MR) is 82.6 cm³/mol. The molecule has 0 aromatic rings. The number of rotatable bonds is 15. The number of nitrogens with zero attached hydrogens (tertiary/aromatic N) is 1. The van der Waals surface area contributed by atoms with Crippen LogP contribution in [0.25, 0.3) is 0 Å². The van der Waals surface area contributed by atoms with Crippen molar-refractivity contribution in [2.75, 3.05) is 46.2 Å². The third-order valence-electron chi connectivity index (χ3n) is 2.71. The Morgan fingerprint density at radius 2 is 1.23 bits per heavy atom. The molecule has 0 saturated heterocycles. The summed E-state index contributed by atoms with van der Waals surface area (Å²) in [5.74, 6) is 0. The molecule has 0 aromatic carbocycles. The summed E-state index contributed by atoms with van der Waals surface area (Å²) >= 11 is 0. The molecule has 0 amide bonds. The standard InChI is InChI=1S/C13H31NO7Si/c1-5-13(14(17-11-9-15)18-12-10-16)22(19-6-2,20-7-3)21-8-4/h13,15-16H,5-12H2,1-4H3. The average molecular weight is 341 g/mol. The molecule has 8 nitrogen and oxygen atoms in total. The molecule has 1 unspecified atom stereocenters. The lowest BCUT2D eigenvalue weighted by Crippen LogP contribution is -2.62. The normalized spacial score (nSPS) is 13.8. The Hall–Kier alpha value is -0.103. The molecule has 1 atom stereocenters. The van der Waals surface area contributed by atoms with Crippen LogP contribution in [0, 0.1) is 0 Å². The van der Waals surface area contributed by atoms with Crippen molar-refractivity contribution in [2.45, 2.75) is 39.8 Å². The SMILES string of the molecule is CCO[Si](OCC)(OCC)C(CC)N(OCCO)OCCO. The molecule has 0 bridgehead atoms. The summed E-state index contributed by atoms with van der Waals surface area (Å²) in [5, 5.41) is 19.2. The summed E-state index contributed by atoms with van der Waals surface area (Å²) < 4.78 is 17.6. The van der Waals surface area contributed by atoms with Gasteiger partial charge >= 0.3 is 8.80 Å². The molecule has 0 aliphatic rings. The fraction of sp³-hybridized carbons (Fsp3) is 1.00. The van der Waals surface area contributed by atoms with Crippen molar-refractivity contribution in [3.05, 3.63) is 0 Å². The van der Waals surface area contributed by atoms with E-state index in [1.54, 1.807) is 0 Å². The van der Waals surface area contributed by atoms with Gasteiger partial charge in [-0.05, 0) is 27.2 Å². The van der Waals surface area contributed by atoms with Gasteiger partial charge in [-0.1, -0.05) is 12.2 Å². The molecule has 134 valence electrons. The van der Waals surface area contributed by atoms with Crippen LogP contribution >= 0.6 is 0 Å². The van der Waals surface area contributed by atoms with E-state index in [1.807, 2.05) is 27.7 Å². The van der Waals surface area contributed by atoms with Gasteiger partial charge in [0.1, 0.15) is 5.67 Å². The lowest BCUT2D eigenvalue weighted by Gasteiger charge is -2.39. The zero-order valence-corrected chi connectivity index (χ0v) is 15.1. The largest absolute Gasteiger partial charge is 0.524 e. The number of aliphatic hydroxyl groups excluding tert-OH is 2. The summed E-state index contributed by atoms with van der Waals surface area (Å²) in [7, 11) is -3.08. The van der Waals surface area contributed by atoms with Crippen molar-refractivity contribution in [3.63, 3.8) is 0 Å². The molecule has 0 aliphatic carbocycles. The van der Waals surface area contributed by atoms with Crippen LogP contribution < -0.4 is 0 Å². The highest BCUT2D eigenvalue weighted by Crippen LogP contribution is 2.23. The minimum absolute atomic E-state index is 0.0663. The minimum atomic E-state index is -3.08. The van der Waals surface area contributed by atoms with Gasteiger partial charge in [-0.25, -0.2) is 0 Å². The molecule has 9 heteroatoms. The second kappa shape index (κ2) is 13.3. The van der Waals surface area contributed by atoms with Gasteiger partial charge in [0.15, 0.2) is 0 Å². The number of aliphatic hydroxyl groups is 2. The summed E-state index contributed by atoms with van der Waals surface area (Å²) in [6.07, 6.45) is 0.600. The lowest BCUT2D eigenvalue weighted by molar-refractivity contribution is -0.385. The van der Waals surface area contributed by atoms with Crippen LogP contribution in [0.4, 0.5) is 0 Å². The van der Waals surface area contributed by atoms with Crippen LogP contribution in [0.2, 0.25) is 0 Å². The van der Waals surface area contributed by atoms with E-state index in [4.69, 9.17) is 33.2 Å². The van der Waals surface area contributed by atoms with Gasteiger partial charge in [-0.3, -0.25) is 9.68 Å². The Balaban J connectivity index is 5.30. The summed E-state index contributed by atoms with van der Waals surface area (Å²) in [6.45, 7) is 8.72. The fourth-order valence-corrected chi connectivity index (χ4v) is 4.97. The van der Waals surface area contributed by atoms with Gasteiger partial charge in [0.25, 0.3) is 0 Å². The van der Waals surface area contributed by atoms with E-state index in [-0.39, 0.29) is 26.4 Å². The van der Waals surface area contributed by atoms with E-state index >= 15 is 0 Å². The van der Waals surface area contributed by atoms with Gasteiger partial charge in [0.05, 0.1) is 26.4 Å². The van der Waals surface area contributed by atoms with Gasteiger partial charge in [0.2, 0.25) is 0 Å². The topological polar surface area (TPSA) is 89.9 Å². The zero-order valence-electron chi connectivity index (χ0n) is 14.1. The van der Waals surface area contributed by atoms with E-state index in [9.17, 15) is 0 Å². The summed E-state index contributed by atoms with van der Waals surface area (Å²) in [4.78, 5) is 10.9. The highest BCUT2D eigenvalue weighted by atomic mass is 28.4. The highest BCUT2D eigenvalue weighted by Gasteiger charge is 2.53. The third kappa shape index (κ3) is 6.98. The molecular weight excluding hydrogens is 310 g/mol. The first kappa shape index (κ1) is 21.9. The molecular formula is C13H31NO7Si. The number of hydrogen-bond donors (Lipinski definition) is 2. The van der Waals surface area contributed by atoms with Crippen LogP contribution in [0.1, 0.15) is 34.1 Å². The van der Waals surface area contributed by atoms with Crippen LogP contribution in [0.15, 0.2) is 0 Å². The molecule has 0 saturated carbocycles. The van der Waals surface area contributed by atoms with E-state index in [0.29, 0.717) is 26.2 Å². The second-order valence-corrected chi connectivity index (χ2v) is 6.97. The van der Waals surface area contributed by atoms with Crippen molar-refractivity contribution in [3.8, 4) is 0 Å². The first-order valence-corrected chi connectivity index (χ1v) is 9.64. The Bertz CT molecular complexity index is 236. The Morgan fingerprint density at radius 3 is 1.50 bits per heavy atom. The van der Waals surface area contributed by atoms with E-state index in [1.165, 1.54) is 5.23 Å². The molecule has 0 radical (unpaired) electrons. The Kier molecular flexibility index (Phi) is 13.3. The molecule has 0 rings (SSSR count). The summed E-state index contributed by atoms with van der Waals surface area (Å²) in [6, 6.07) is 0. The molecule has 22 heavy (non-hydrogen) atoms. The maximum atomic E-state index is 8.97. The van der Waals surface area contributed by atoms with Gasteiger partial charge in [0, 0.05) is 19.8 Å². The van der Waals surface area contributed by atoms with E-state index in [2.05, 4.69) is 0 Å². The highest BCUT2D eigenvalue weighted by molar-refractivity contribution is 6.62. The molecule has 2 N–H and O–H groups in total. The Morgan fingerprint density at radius 1 is 0.818 bits per heavy atom. The van der Waals surface area contributed by atoms with Crippen molar-refractivity contribution in [1.29, 1.82) is 0 Å². The average Bonchev–Trinajstić information content (AvgIpc) is 2.50. The smallest absolute Gasteiger partial charge is 0.394 e. The van der Waals surface area contributed by atoms with E-state index in [0.717, 1.165) is 0 Å².